The van der Waals surface area contributed by atoms with Crippen molar-refractivity contribution in [3.8, 4) is 0 Å². The zero-order valence-electron chi connectivity index (χ0n) is 5.58. The summed E-state index contributed by atoms with van der Waals surface area (Å²) in [4.78, 5) is 0. The molecule has 10 heavy (non-hydrogen) atoms. The van der Waals surface area contributed by atoms with Crippen LogP contribution in [0.4, 0.5) is 0 Å². The summed E-state index contributed by atoms with van der Waals surface area (Å²) in [7, 11) is 0. The molecule has 0 N–H and O–H groups in total. The van der Waals surface area contributed by atoms with Crippen molar-refractivity contribution >= 4 is 16.9 Å². The number of hydrogen-bond donors (Lipinski definition) is 0. The highest BCUT2D eigenvalue weighted by atomic mass is 32.1. The lowest BCUT2D eigenvalue weighted by Crippen LogP contribution is -1.68. The zero-order chi connectivity index (χ0) is 6.81. The molecule has 50 valence electrons. The lowest BCUT2D eigenvalue weighted by molar-refractivity contribution is 1.45. The fourth-order valence-corrected chi connectivity index (χ4v) is 1.77. The second kappa shape index (κ2) is 2.43. The van der Waals surface area contributed by atoms with Crippen LogP contribution in [0.15, 0.2) is 35.1 Å². The Balaban J connectivity index is 2.36. The van der Waals surface area contributed by atoms with E-state index in [1.165, 1.54) is 11.1 Å². The van der Waals surface area contributed by atoms with Gasteiger partial charge in [0.1, 0.15) is 0 Å². The third-order valence-electron chi connectivity index (χ3n) is 1.63. The minimum Gasteiger partial charge on any atom is -0.152 e. The molecule has 0 fully saturated rings. The van der Waals surface area contributed by atoms with E-state index in [1.54, 1.807) is 11.3 Å². The van der Waals surface area contributed by atoms with Crippen LogP contribution in [0.25, 0.3) is 5.57 Å². The van der Waals surface area contributed by atoms with E-state index in [4.69, 9.17) is 0 Å². The Morgan fingerprint density at radius 1 is 1.40 bits per heavy atom. The Hall–Kier alpha value is -0.820. The van der Waals surface area contributed by atoms with E-state index in [1.807, 2.05) is 0 Å². The van der Waals surface area contributed by atoms with Crippen LogP contribution >= 0.6 is 11.3 Å². The van der Waals surface area contributed by atoms with Crippen LogP contribution in [0.2, 0.25) is 0 Å². The summed E-state index contributed by atoms with van der Waals surface area (Å²) in [6.07, 6.45) is 7.72. The third kappa shape index (κ3) is 0.929. The van der Waals surface area contributed by atoms with E-state index in [2.05, 4.69) is 35.1 Å². The summed E-state index contributed by atoms with van der Waals surface area (Å²) < 4.78 is 0. The molecule has 0 aliphatic heterocycles. The molecule has 1 heterocycles. The molecular formula is C9H8S. The number of hydrogen-bond acceptors (Lipinski definition) is 1. The fourth-order valence-electron chi connectivity index (χ4n) is 1.10. The predicted octanol–water partition coefficient (Wildman–Crippen LogP) is 3.09. The minimum absolute atomic E-state index is 1.10. The highest BCUT2D eigenvalue weighted by molar-refractivity contribution is 7.08. The van der Waals surface area contributed by atoms with Crippen LogP contribution in [0.1, 0.15) is 12.0 Å². The quantitative estimate of drug-likeness (QED) is 0.574. The average molecular weight is 148 g/mol. The van der Waals surface area contributed by atoms with Crippen LogP contribution in [-0.2, 0) is 0 Å². The second-order valence-electron chi connectivity index (χ2n) is 2.31. The van der Waals surface area contributed by atoms with Gasteiger partial charge in [-0.15, -0.1) is 0 Å². The molecular weight excluding hydrogens is 140 g/mol. The molecule has 0 saturated carbocycles. The van der Waals surface area contributed by atoms with Crippen LogP contribution in [0, 0.1) is 0 Å². The third-order valence-corrected chi connectivity index (χ3v) is 2.31. The van der Waals surface area contributed by atoms with Gasteiger partial charge in [0.2, 0.25) is 0 Å². The lowest BCUT2D eigenvalue weighted by atomic mass is 10.1. The molecule has 0 spiro atoms. The standard InChI is InChI=1S/C9H8S/c1-2-4-8(3-1)9-5-6-10-7-9/h1,3-7H,2H2. The van der Waals surface area contributed by atoms with Gasteiger partial charge >= 0.3 is 0 Å². The van der Waals surface area contributed by atoms with Crippen molar-refractivity contribution in [3.05, 3.63) is 40.6 Å². The second-order valence-corrected chi connectivity index (χ2v) is 3.09. The summed E-state index contributed by atoms with van der Waals surface area (Å²) in [5, 5.41) is 4.30. The molecule has 0 bridgehead atoms. The van der Waals surface area contributed by atoms with Crippen molar-refractivity contribution in [2.24, 2.45) is 0 Å². The number of thiophene rings is 1. The highest BCUT2D eigenvalue weighted by Crippen LogP contribution is 2.22. The van der Waals surface area contributed by atoms with Crippen molar-refractivity contribution in [1.82, 2.24) is 0 Å². The smallest absolute Gasteiger partial charge is 0.00148 e. The Morgan fingerprint density at radius 2 is 2.40 bits per heavy atom. The monoisotopic (exact) mass is 148 g/mol. The van der Waals surface area contributed by atoms with Crippen LogP contribution in [0.3, 0.4) is 0 Å². The Morgan fingerprint density at radius 3 is 3.00 bits per heavy atom. The van der Waals surface area contributed by atoms with Crippen LogP contribution in [0.5, 0.6) is 0 Å². The summed E-state index contributed by atoms with van der Waals surface area (Å²) in [5.74, 6) is 0. The Bertz CT molecular complexity index is 265. The zero-order valence-corrected chi connectivity index (χ0v) is 6.40. The Labute approximate surface area is 64.5 Å². The van der Waals surface area contributed by atoms with Crippen molar-refractivity contribution in [2.45, 2.75) is 6.42 Å². The first kappa shape index (κ1) is 5.93. The normalized spacial score (nSPS) is 15.8. The lowest BCUT2D eigenvalue weighted by Gasteiger charge is -1.90. The van der Waals surface area contributed by atoms with Gasteiger partial charge in [-0.05, 0) is 34.4 Å². The minimum atomic E-state index is 1.10. The van der Waals surface area contributed by atoms with E-state index in [0.29, 0.717) is 0 Å². The van der Waals surface area contributed by atoms with Gasteiger partial charge in [0.25, 0.3) is 0 Å². The maximum atomic E-state index is 2.25. The maximum absolute atomic E-state index is 2.25. The van der Waals surface area contributed by atoms with Gasteiger partial charge < -0.3 is 0 Å². The molecule has 1 heteroatoms. The van der Waals surface area contributed by atoms with Gasteiger partial charge in [-0.2, -0.15) is 11.3 Å². The molecule has 1 aliphatic carbocycles. The predicted molar refractivity (Wildman–Crippen MR) is 46.1 cm³/mol. The molecule has 0 saturated heterocycles. The van der Waals surface area contributed by atoms with Crippen molar-refractivity contribution in [3.63, 3.8) is 0 Å². The molecule has 0 aromatic carbocycles. The van der Waals surface area contributed by atoms with Crippen molar-refractivity contribution < 1.29 is 0 Å². The van der Waals surface area contributed by atoms with Gasteiger partial charge in [0, 0.05) is 0 Å². The van der Waals surface area contributed by atoms with E-state index in [0.717, 1.165) is 6.42 Å². The topological polar surface area (TPSA) is 0 Å². The van der Waals surface area contributed by atoms with Crippen LogP contribution < -0.4 is 0 Å². The van der Waals surface area contributed by atoms with Gasteiger partial charge in [0.15, 0.2) is 0 Å². The molecule has 1 aromatic rings. The first-order chi connectivity index (χ1) is 4.97. The molecule has 0 nitrogen and oxygen atoms in total. The summed E-state index contributed by atoms with van der Waals surface area (Å²) in [6.45, 7) is 0. The van der Waals surface area contributed by atoms with Crippen molar-refractivity contribution in [2.75, 3.05) is 0 Å². The summed E-state index contributed by atoms with van der Waals surface area (Å²) in [6, 6.07) is 2.16. The van der Waals surface area contributed by atoms with Gasteiger partial charge in [-0.3, -0.25) is 0 Å². The molecule has 2 rings (SSSR count). The summed E-state index contributed by atoms with van der Waals surface area (Å²) in [5.41, 5.74) is 2.74. The first-order valence-electron chi connectivity index (χ1n) is 3.36. The molecule has 0 atom stereocenters. The molecule has 1 aliphatic rings. The first-order valence-corrected chi connectivity index (χ1v) is 4.30. The highest BCUT2D eigenvalue weighted by Gasteiger charge is 1.99. The molecule has 0 radical (unpaired) electrons. The maximum Gasteiger partial charge on any atom is -0.00148 e. The van der Waals surface area contributed by atoms with Crippen LogP contribution in [-0.4, -0.2) is 0 Å². The SMILES string of the molecule is C1=CC(c2ccsc2)=CC1. The van der Waals surface area contributed by atoms with Gasteiger partial charge in [-0.1, -0.05) is 18.2 Å². The molecule has 0 amide bonds. The fraction of sp³-hybridized carbons (Fsp3) is 0.111. The number of rotatable bonds is 1. The van der Waals surface area contributed by atoms with Gasteiger partial charge in [-0.25, -0.2) is 0 Å². The van der Waals surface area contributed by atoms with E-state index in [9.17, 15) is 0 Å². The molecule has 0 unspecified atom stereocenters. The van der Waals surface area contributed by atoms with E-state index >= 15 is 0 Å². The average Bonchev–Trinajstić information content (AvgIpc) is 2.59. The van der Waals surface area contributed by atoms with E-state index in [-0.39, 0.29) is 0 Å². The number of allylic oxidation sites excluding steroid dienone is 4. The summed E-state index contributed by atoms with van der Waals surface area (Å²) >= 11 is 1.75. The van der Waals surface area contributed by atoms with Crippen molar-refractivity contribution in [1.29, 1.82) is 0 Å². The largest absolute Gasteiger partial charge is 0.152 e. The van der Waals surface area contributed by atoms with E-state index < -0.39 is 0 Å². The Kier molecular flexibility index (Phi) is 1.44. The van der Waals surface area contributed by atoms with Gasteiger partial charge in [0.05, 0.1) is 0 Å². The molecule has 1 aromatic heterocycles.